The van der Waals surface area contributed by atoms with Gasteiger partial charge >= 0.3 is 0 Å². The topological polar surface area (TPSA) is 60.0 Å². The van der Waals surface area contributed by atoms with Gasteiger partial charge < -0.3 is 24.6 Å². The number of halogens is 2. The third-order valence-electron chi connectivity index (χ3n) is 3.83. The molecular weight excluding hydrogens is 349 g/mol. The third kappa shape index (κ3) is 4.54. The molecule has 0 fully saturated rings. The van der Waals surface area contributed by atoms with Gasteiger partial charge in [0.05, 0.1) is 13.7 Å². The first-order valence-corrected chi connectivity index (χ1v) is 7.76. The fourth-order valence-electron chi connectivity index (χ4n) is 2.61. The van der Waals surface area contributed by atoms with E-state index in [0.29, 0.717) is 49.1 Å². The molecule has 0 radical (unpaired) electrons. The van der Waals surface area contributed by atoms with Crippen molar-refractivity contribution in [3.05, 3.63) is 52.8 Å². The van der Waals surface area contributed by atoms with E-state index < -0.39 is 5.82 Å². The molecule has 0 atom stereocenters. The molecule has 0 spiro atoms. The Labute approximate surface area is 152 Å². The van der Waals surface area contributed by atoms with Crippen LogP contribution in [0.1, 0.15) is 16.7 Å². The van der Waals surface area contributed by atoms with Gasteiger partial charge in [-0.2, -0.15) is 0 Å². The minimum absolute atomic E-state index is 0. The van der Waals surface area contributed by atoms with Gasteiger partial charge in [0.25, 0.3) is 0 Å². The predicted octanol–water partition coefficient (Wildman–Crippen LogP) is 2.81. The Balaban J connectivity index is 0.00000225. The maximum Gasteiger partial charge on any atom is 0.203 e. The minimum atomic E-state index is -0.391. The summed E-state index contributed by atoms with van der Waals surface area (Å²) in [6.45, 7) is 1.83. The van der Waals surface area contributed by atoms with Gasteiger partial charge in [-0.15, -0.1) is 12.4 Å². The Morgan fingerprint density at radius 1 is 1.12 bits per heavy atom. The molecule has 5 nitrogen and oxygen atoms in total. The first-order valence-electron chi connectivity index (χ1n) is 7.76. The molecule has 136 valence electrons. The standard InChI is InChI=1S/C18H20FNO4.ClH/c1-22-16-7-13(8-17-18(16)24-5-4-23-17)10-20-9-12-2-3-14(11-21)15(19)6-12;/h2-3,6-8,20-21H,4-5,9-11H2,1H3;1H. The lowest BCUT2D eigenvalue weighted by Gasteiger charge is -2.21. The summed E-state index contributed by atoms with van der Waals surface area (Å²) in [5.41, 5.74) is 2.10. The lowest BCUT2D eigenvalue weighted by atomic mass is 10.1. The van der Waals surface area contributed by atoms with Crippen molar-refractivity contribution in [3.63, 3.8) is 0 Å². The molecular formula is C18H21ClFNO4. The largest absolute Gasteiger partial charge is 0.493 e. The van der Waals surface area contributed by atoms with E-state index in [1.807, 2.05) is 12.1 Å². The highest BCUT2D eigenvalue weighted by Gasteiger charge is 2.18. The molecule has 0 aliphatic carbocycles. The molecule has 0 aromatic heterocycles. The van der Waals surface area contributed by atoms with Crippen molar-refractivity contribution in [2.24, 2.45) is 0 Å². The number of nitrogens with one attached hydrogen (secondary N) is 1. The van der Waals surface area contributed by atoms with Crippen LogP contribution in [0.15, 0.2) is 30.3 Å². The second kappa shape index (κ2) is 8.89. The number of hydrogen-bond acceptors (Lipinski definition) is 5. The Hall–Kier alpha value is -2.02. The highest BCUT2D eigenvalue weighted by Crippen LogP contribution is 2.40. The normalized spacial score (nSPS) is 12.4. The van der Waals surface area contributed by atoms with E-state index in [1.165, 1.54) is 6.07 Å². The Morgan fingerprint density at radius 3 is 2.60 bits per heavy atom. The summed E-state index contributed by atoms with van der Waals surface area (Å²) in [7, 11) is 1.59. The van der Waals surface area contributed by atoms with Crippen LogP contribution in [-0.2, 0) is 19.7 Å². The lowest BCUT2D eigenvalue weighted by Crippen LogP contribution is -2.17. The van der Waals surface area contributed by atoms with E-state index in [2.05, 4.69) is 5.32 Å². The summed E-state index contributed by atoms with van der Waals surface area (Å²) in [4.78, 5) is 0. The van der Waals surface area contributed by atoms with Crippen LogP contribution in [0.5, 0.6) is 17.2 Å². The van der Waals surface area contributed by atoms with Crippen LogP contribution in [0.2, 0.25) is 0 Å². The summed E-state index contributed by atoms with van der Waals surface area (Å²) in [5.74, 6) is 1.56. The third-order valence-corrected chi connectivity index (χ3v) is 3.83. The van der Waals surface area contributed by atoms with Crippen LogP contribution >= 0.6 is 12.4 Å². The van der Waals surface area contributed by atoms with E-state index in [4.69, 9.17) is 19.3 Å². The van der Waals surface area contributed by atoms with Crippen LogP contribution in [0.4, 0.5) is 4.39 Å². The van der Waals surface area contributed by atoms with Crippen molar-refractivity contribution in [2.45, 2.75) is 19.7 Å². The average molecular weight is 370 g/mol. The quantitative estimate of drug-likeness (QED) is 0.820. The zero-order valence-electron chi connectivity index (χ0n) is 13.9. The van der Waals surface area contributed by atoms with Crippen molar-refractivity contribution < 1.29 is 23.7 Å². The fraction of sp³-hybridized carbons (Fsp3) is 0.333. The number of hydrogen-bond donors (Lipinski definition) is 2. The molecule has 1 aliphatic rings. The molecule has 0 bridgehead atoms. The molecule has 2 aromatic carbocycles. The van der Waals surface area contributed by atoms with E-state index in [0.717, 1.165) is 11.1 Å². The van der Waals surface area contributed by atoms with Crippen molar-refractivity contribution >= 4 is 12.4 Å². The van der Waals surface area contributed by atoms with E-state index in [9.17, 15) is 4.39 Å². The summed E-state index contributed by atoms with van der Waals surface area (Å²) in [6.07, 6.45) is 0. The van der Waals surface area contributed by atoms with Crippen molar-refractivity contribution in [1.82, 2.24) is 5.32 Å². The summed E-state index contributed by atoms with van der Waals surface area (Å²) < 4.78 is 30.2. The molecule has 0 unspecified atom stereocenters. The molecule has 0 amide bonds. The number of ether oxygens (including phenoxy) is 3. The number of aliphatic hydroxyl groups is 1. The SMILES string of the molecule is COc1cc(CNCc2ccc(CO)c(F)c2)cc2c1OCCO2.Cl. The van der Waals surface area contributed by atoms with E-state index in [1.54, 1.807) is 19.2 Å². The van der Waals surface area contributed by atoms with Crippen LogP contribution in [0.25, 0.3) is 0 Å². The van der Waals surface area contributed by atoms with Crippen LogP contribution in [0, 0.1) is 5.82 Å². The molecule has 25 heavy (non-hydrogen) atoms. The van der Waals surface area contributed by atoms with E-state index in [-0.39, 0.29) is 19.0 Å². The van der Waals surface area contributed by atoms with Gasteiger partial charge in [-0.05, 0) is 29.3 Å². The monoisotopic (exact) mass is 369 g/mol. The second-order valence-corrected chi connectivity index (χ2v) is 5.51. The molecule has 3 rings (SSSR count). The van der Waals surface area contributed by atoms with Crippen molar-refractivity contribution in [1.29, 1.82) is 0 Å². The maximum absolute atomic E-state index is 13.7. The molecule has 1 aliphatic heterocycles. The number of methoxy groups -OCH3 is 1. The molecule has 2 aromatic rings. The number of benzene rings is 2. The van der Waals surface area contributed by atoms with Crippen molar-refractivity contribution in [2.75, 3.05) is 20.3 Å². The zero-order valence-corrected chi connectivity index (χ0v) is 14.7. The van der Waals surface area contributed by atoms with Gasteiger partial charge in [0.1, 0.15) is 19.0 Å². The molecule has 0 saturated heterocycles. The minimum Gasteiger partial charge on any atom is -0.493 e. The fourth-order valence-corrected chi connectivity index (χ4v) is 2.61. The Morgan fingerprint density at radius 2 is 1.88 bits per heavy atom. The predicted molar refractivity (Wildman–Crippen MR) is 94.1 cm³/mol. The van der Waals surface area contributed by atoms with Gasteiger partial charge in [0.15, 0.2) is 11.5 Å². The smallest absolute Gasteiger partial charge is 0.203 e. The number of aliphatic hydroxyl groups excluding tert-OH is 1. The van der Waals surface area contributed by atoms with Crippen LogP contribution in [-0.4, -0.2) is 25.4 Å². The van der Waals surface area contributed by atoms with Gasteiger partial charge in [-0.25, -0.2) is 4.39 Å². The first kappa shape index (κ1) is 19.3. The second-order valence-electron chi connectivity index (χ2n) is 5.51. The van der Waals surface area contributed by atoms with Gasteiger partial charge in [0.2, 0.25) is 5.75 Å². The highest BCUT2D eigenvalue weighted by molar-refractivity contribution is 5.85. The van der Waals surface area contributed by atoms with Crippen molar-refractivity contribution in [3.8, 4) is 17.2 Å². The lowest BCUT2D eigenvalue weighted by molar-refractivity contribution is 0.165. The molecule has 7 heteroatoms. The van der Waals surface area contributed by atoms with Crippen LogP contribution < -0.4 is 19.5 Å². The average Bonchev–Trinajstić information content (AvgIpc) is 2.61. The Bertz CT molecular complexity index is 709. The van der Waals surface area contributed by atoms with E-state index >= 15 is 0 Å². The summed E-state index contributed by atoms with van der Waals surface area (Å²) in [5, 5.41) is 12.3. The molecule has 2 N–H and O–H groups in total. The van der Waals surface area contributed by atoms with Gasteiger partial charge in [-0.1, -0.05) is 12.1 Å². The van der Waals surface area contributed by atoms with Gasteiger partial charge in [0, 0.05) is 18.7 Å². The molecule has 0 saturated carbocycles. The van der Waals surface area contributed by atoms with Crippen LogP contribution in [0.3, 0.4) is 0 Å². The summed E-state index contributed by atoms with van der Waals surface area (Å²) in [6, 6.07) is 8.64. The maximum atomic E-state index is 13.7. The number of fused-ring (bicyclic) bond motifs is 1. The molecule has 1 heterocycles. The number of rotatable bonds is 6. The first-order chi connectivity index (χ1) is 11.7. The van der Waals surface area contributed by atoms with Gasteiger partial charge in [-0.3, -0.25) is 0 Å². The summed E-state index contributed by atoms with van der Waals surface area (Å²) >= 11 is 0. The Kier molecular flexibility index (Phi) is 6.87. The zero-order chi connectivity index (χ0) is 16.9. The highest BCUT2D eigenvalue weighted by atomic mass is 35.5.